The zero-order chi connectivity index (χ0) is 16.5. The van der Waals surface area contributed by atoms with Gasteiger partial charge in [0.15, 0.2) is 11.2 Å². The van der Waals surface area contributed by atoms with Crippen molar-refractivity contribution in [1.82, 2.24) is 15.6 Å². The molecule has 2 saturated heterocycles. The van der Waals surface area contributed by atoms with Gasteiger partial charge in [0.1, 0.15) is 0 Å². The van der Waals surface area contributed by atoms with E-state index >= 15 is 0 Å². The second-order valence-corrected chi connectivity index (χ2v) is 7.16. The van der Waals surface area contributed by atoms with E-state index in [4.69, 9.17) is 9.68 Å². The molecule has 2 fully saturated rings. The van der Waals surface area contributed by atoms with Crippen LogP contribution in [0.2, 0.25) is 0 Å². The highest BCUT2D eigenvalue weighted by Crippen LogP contribution is 2.29. The van der Waals surface area contributed by atoms with Crippen molar-refractivity contribution in [3.8, 4) is 6.07 Å². The maximum Gasteiger partial charge on any atom is 0.301 e. The predicted octanol–water partition coefficient (Wildman–Crippen LogP) is 2.32. The summed E-state index contributed by atoms with van der Waals surface area (Å²) in [6, 6.07) is 10.4. The van der Waals surface area contributed by atoms with Crippen molar-refractivity contribution in [2.24, 2.45) is 0 Å². The molecule has 0 spiro atoms. The third-order valence-electron chi connectivity index (χ3n) is 4.53. The van der Waals surface area contributed by atoms with Gasteiger partial charge in [-0.25, -0.2) is 4.98 Å². The number of oxazole rings is 1. The normalized spacial score (nSPS) is 24.7. The summed E-state index contributed by atoms with van der Waals surface area (Å²) in [5, 5.41) is 15.9. The molecule has 24 heavy (non-hydrogen) atoms. The van der Waals surface area contributed by atoms with E-state index in [1.165, 1.54) is 24.4 Å². The second kappa shape index (κ2) is 6.30. The first kappa shape index (κ1) is 15.2. The minimum Gasteiger partial charge on any atom is -0.422 e. The third kappa shape index (κ3) is 3.03. The summed E-state index contributed by atoms with van der Waals surface area (Å²) in [5.74, 6) is 0.0188. The zero-order valence-corrected chi connectivity index (χ0v) is 13.7. The first-order chi connectivity index (χ1) is 11.7. The third-order valence-corrected chi connectivity index (χ3v) is 5.43. The molecule has 2 N–H and O–H groups in total. The Morgan fingerprint density at radius 2 is 2.21 bits per heavy atom. The number of carbonyl (C=O) groups is 1. The molecule has 1 aromatic carbocycles. The van der Waals surface area contributed by atoms with E-state index in [2.05, 4.69) is 15.6 Å². The van der Waals surface area contributed by atoms with Crippen LogP contribution in [0.25, 0.3) is 0 Å². The maximum atomic E-state index is 12.4. The first-order valence-electron chi connectivity index (χ1n) is 7.92. The molecule has 0 aliphatic carbocycles. The SMILES string of the molecule is N#Cc1ncc(Sc2ccc(C(=O)N[C@@H]3C[C@H]4CC[C@@H]3N4)cc2)o1. The number of hydrogen-bond acceptors (Lipinski definition) is 6. The molecule has 1 amide bonds. The number of amides is 1. The summed E-state index contributed by atoms with van der Waals surface area (Å²) in [6.07, 6.45) is 4.91. The van der Waals surface area contributed by atoms with Gasteiger partial charge in [0.05, 0.1) is 6.20 Å². The highest BCUT2D eigenvalue weighted by atomic mass is 32.2. The Bertz CT molecular complexity index is 796. The van der Waals surface area contributed by atoms with E-state index in [1.807, 2.05) is 18.2 Å². The molecule has 6 nitrogen and oxygen atoms in total. The highest BCUT2D eigenvalue weighted by Gasteiger charge is 2.39. The molecule has 3 heterocycles. The Kier molecular flexibility index (Phi) is 4.00. The molecule has 2 bridgehead atoms. The molecule has 1 aromatic heterocycles. The van der Waals surface area contributed by atoms with Crippen LogP contribution in [-0.4, -0.2) is 29.0 Å². The van der Waals surface area contributed by atoms with Gasteiger partial charge in [-0.3, -0.25) is 4.79 Å². The average Bonchev–Trinajstić information content (AvgIpc) is 3.32. The fourth-order valence-electron chi connectivity index (χ4n) is 3.38. The van der Waals surface area contributed by atoms with Gasteiger partial charge in [0.2, 0.25) is 0 Å². The molecular weight excluding hydrogens is 324 g/mol. The maximum absolute atomic E-state index is 12.4. The molecule has 0 unspecified atom stereocenters. The van der Waals surface area contributed by atoms with Crippen molar-refractivity contribution < 1.29 is 9.21 Å². The average molecular weight is 340 g/mol. The number of aromatic nitrogens is 1. The van der Waals surface area contributed by atoms with Crippen molar-refractivity contribution >= 4 is 17.7 Å². The van der Waals surface area contributed by atoms with E-state index in [0.717, 1.165) is 17.7 Å². The van der Waals surface area contributed by atoms with Gasteiger partial charge in [-0.2, -0.15) is 5.26 Å². The lowest BCUT2D eigenvalue weighted by molar-refractivity contribution is 0.0931. The second-order valence-electron chi connectivity index (χ2n) is 6.09. The molecule has 0 radical (unpaired) electrons. The Hall–Kier alpha value is -2.30. The number of nitriles is 1. The summed E-state index contributed by atoms with van der Waals surface area (Å²) in [7, 11) is 0. The fraction of sp³-hybridized carbons (Fsp3) is 0.353. The summed E-state index contributed by atoms with van der Waals surface area (Å²) >= 11 is 1.36. The van der Waals surface area contributed by atoms with Crippen molar-refractivity contribution in [1.29, 1.82) is 5.26 Å². The van der Waals surface area contributed by atoms with Crippen LogP contribution in [0.15, 0.2) is 44.9 Å². The standard InChI is InChI=1S/C17H16N4O2S/c18-8-15-19-9-16(23-15)24-12-4-1-10(2-5-12)17(22)21-14-7-11-3-6-13(14)20-11/h1-2,4-5,9,11,13-14,20H,3,6-7H2,(H,21,22)/t11-,13+,14-/m1/s1. The lowest BCUT2D eigenvalue weighted by Gasteiger charge is -2.21. The minimum atomic E-state index is -0.0302. The Labute approximate surface area is 143 Å². The number of carbonyl (C=O) groups excluding carboxylic acids is 1. The van der Waals surface area contributed by atoms with Crippen LogP contribution in [0, 0.1) is 11.3 Å². The molecule has 3 atom stereocenters. The van der Waals surface area contributed by atoms with Gasteiger partial charge in [-0.15, -0.1) is 0 Å². The van der Waals surface area contributed by atoms with Crippen LogP contribution in [0.3, 0.4) is 0 Å². The number of hydrogen-bond donors (Lipinski definition) is 2. The molecule has 2 aliphatic heterocycles. The summed E-state index contributed by atoms with van der Waals surface area (Å²) < 4.78 is 5.24. The summed E-state index contributed by atoms with van der Waals surface area (Å²) in [4.78, 5) is 17.1. The smallest absolute Gasteiger partial charge is 0.301 e. The van der Waals surface area contributed by atoms with Crippen LogP contribution in [0.1, 0.15) is 35.5 Å². The van der Waals surface area contributed by atoms with Crippen molar-refractivity contribution in [2.75, 3.05) is 0 Å². The van der Waals surface area contributed by atoms with Crippen LogP contribution in [0.4, 0.5) is 0 Å². The molecular formula is C17H16N4O2S. The predicted molar refractivity (Wildman–Crippen MR) is 87.6 cm³/mol. The largest absolute Gasteiger partial charge is 0.422 e. The molecule has 7 heteroatoms. The lowest BCUT2D eigenvalue weighted by atomic mass is 9.95. The van der Waals surface area contributed by atoms with Gasteiger partial charge in [-0.05, 0) is 43.5 Å². The molecule has 2 aromatic rings. The van der Waals surface area contributed by atoms with Crippen LogP contribution >= 0.6 is 11.8 Å². The van der Waals surface area contributed by atoms with E-state index < -0.39 is 0 Å². The number of rotatable bonds is 4. The summed E-state index contributed by atoms with van der Waals surface area (Å²) in [5.41, 5.74) is 0.650. The van der Waals surface area contributed by atoms with Gasteiger partial charge < -0.3 is 15.1 Å². The first-order valence-corrected chi connectivity index (χ1v) is 8.73. The van der Waals surface area contributed by atoms with E-state index in [1.54, 1.807) is 12.1 Å². The molecule has 0 saturated carbocycles. The van der Waals surface area contributed by atoms with Gasteiger partial charge in [0, 0.05) is 28.6 Å². The topological polar surface area (TPSA) is 91.0 Å². The van der Waals surface area contributed by atoms with Crippen LogP contribution < -0.4 is 10.6 Å². The van der Waals surface area contributed by atoms with Crippen molar-refractivity contribution in [3.63, 3.8) is 0 Å². The highest BCUT2D eigenvalue weighted by molar-refractivity contribution is 7.99. The van der Waals surface area contributed by atoms with Gasteiger partial charge in [0.25, 0.3) is 5.91 Å². The quantitative estimate of drug-likeness (QED) is 0.887. The molecule has 122 valence electrons. The number of fused-ring (bicyclic) bond motifs is 2. The molecule has 2 aliphatic rings. The molecule has 4 rings (SSSR count). The summed E-state index contributed by atoms with van der Waals surface area (Å²) in [6.45, 7) is 0. The number of benzene rings is 1. The Balaban J connectivity index is 1.38. The minimum absolute atomic E-state index is 0.0302. The van der Waals surface area contributed by atoms with Crippen LogP contribution in [-0.2, 0) is 0 Å². The van der Waals surface area contributed by atoms with Gasteiger partial charge in [-0.1, -0.05) is 11.8 Å². The van der Waals surface area contributed by atoms with Gasteiger partial charge >= 0.3 is 5.89 Å². The van der Waals surface area contributed by atoms with Crippen molar-refractivity contribution in [2.45, 2.75) is 47.4 Å². The fourth-order valence-corrected chi connectivity index (χ4v) is 4.11. The Morgan fingerprint density at radius 1 is 1.38 bits per heavy atom. The van der Waals surface area contributed by atoms with Crippen LogP contribution in [0.5, 0.6) is 0 Å². The lowest BCUT2D eigenvalue weighted by Crippen LogP contribution is -2.42. The van der Waals surface area contributed by atoms with E-state index in [0.29, 0.717) is 22.7 Å². The van der Waals surface area contributed by atoms with E-state index in [-0.39, 0.29) is 17.8 Å². The zero-order valence-electron chi connectivity index (χ0n) is 12.9. The number of nitrogens with zero attached hydrogens (tertiary/aromatic N) is 2. The monoisotopic (exact) mass is 340 g/mol. The Morgan fingerprint density at radius 3 is 2.83 bits per heavy atom. The van der Waals surface area contributed by atoms with E-state index in [9.17, 15) is 4.79 Å². The van der Waals surface area contributed by atoms with Crippen molar-refractivity contribution in [3.05, 3.63) is 41.9 Å². The number of nitrogens with one attached hydrogen (secondary N) is 2.